The number of aromatic nitrogens is 1. The number of carbonyl (C=O) groups excluding carboxylic acids is 1. The fourth-order valence-electron chi connectivity index (χ4n) is 2.94. The largest absolute Gasteiger partial charge is 0.436 e. The van der Waals surface area contributed by atoms with Crippen molar-refractivity contribution in [3.8, 4) is 11.5 Å². The highest BCUT2D eigenvalue weighted by Gasteiger charge is 2.27. The molecule has 1 aromatic heterocycles. The normalized spacial score (nSPS) is 17.4. The summed E-state index contributed by atoms with van der Waals surface area (Å²) in [7, 11) is 0. The first-order valence-corrected chi connectivity index (χ1v) is 8.55. The third-order valence-corrected chi connectivity index (χ3v) is 4.60. The van der Waals surface area contributed by atoms with Crippen molar-refractivity contribution in [2.24, 2.45) is 0 Å². The highest BCUT2D eigenvalue weighted by atomic mass is 35.5. The van der Waals surface area contributed by atoms with Crippen LogP contribution in [0.15, 0.2) is 40.8 Å². The Labute approximate surface area is 153 Å². The van der Waals surface area contributed by atoms with Crippen molar-refractivity contribution in [2.45, 2.75) is 12.6 Å². The first kappa shape index (κ1) is 16.4. The first-order valence-electron chi connectivity index (χ1n) is 7.80. The summed E-state index contributed by atoms with van der Waals surface area (Å²) < 4.78 is 19.1. The number of hydrogen-bond donors (Lipinski definition) is 0. The van der Waals surface area contributed by atoms with Crippen LogP contribution >= 0.6 is 23.2 Å². The number of fused-ring (bicyclic) bond motifs is 1. The molecule has 1 aliphatic heterocycles. The summed E-state index contributed by atoms with van der Waals surface area (Å²) in [5.74, 6) is 0.166. The molecule has 4 rings (SSSR count). The number of benzene rings is 2. The lowest BCUT2D eigenvalue weighted by atomic mass is 10.2. The van der Waals surface area contributed by atoms with Crippen LogP contribution in [-0.4, -0.2) is 35.1 Å². The number of nitrogens with zero attached hydrogens (tertiary/aromatic N) is 2. The number of rotatable bonds is 2. The predicted molar refractivity (Wildman–Crippen MR) is 94.9 cm³/mol. The smallest absolute Gasteiger partial charge is 0.254 e. The van der Waals surface area contributed by atoms with Gasteiger partial charge in [-0.15, -0.1) is 0 Å². The molecule has 1 aliphatic rings. The van der Waals surface area contributed by atoms with Crippen LogP contribution in [0.2, 0.25) is 10.0 Å². The highest BCUT2D eigenvalue weighted by molar-refractivity contribution is 6.35. The summed E-state index contributed by atoms with van der Waals surface area (Å²) >= 11 is 12.0. The maximum absolute atomic E-state index is 13.3. The predicted octanol–water partition coefficient (Wildman–Crippen LogP) is 4.99. The van der Waals surface area contributed by atoms with Gasteiger partial charge in [0.25, 0.3) is 5.91 Å². The molecule has 25 heavy (non-hydrogen) atoms. The Balaban J connectivity index is 1.68. The highest BCUT2D eigenvalue weighted by Crippen LogP contribution is 2.30. The second-order valence-electron chi connectivity index (χ2n) is 6.00. The van der Waals surface area contributed by atoms with Crippen LogP contribution in [0.4, 0.5) is 4.39 Å². The zero-order valence-electron chi connectivity index (χ0n) is 13.0. The number of alkyl halides is 1. The molecule has 0 N–H and O–H groups in total. The molecule has 1 amide bonds. The Morgan fingerprint density at radius 1 is 1.20 bits per heavy atom. The van der Waals surface area contributed by atoms with Crippen molar-refractivity contribution < 1.29 is 13.6 Å². The number of oxazole rings is 1. The van der Waals surface area contributed by atoms with Crippen LogP contribution in [-0.2, 0) is 0 Å². The van der Waals surface area contributed by atoms with Crippen LogP contribution < -0.4 is 0 Å². The summed E-state index contributed by atoms with van der Waals surface area (Å²) in [6.45, 7) is 0.570. The molecule has 3 aromatic rings. The van der Waals surface area contributed by atoms with E-state index in [4.69, 9.17) is 27.6 Å². The molecule has 0 radical (unpaired) electrons. The van der Waals surface area contributed by atoms with E-state index in [1.165, 1.54) is 4.90 Å². The van der Waals surface area contributed by atoms with Gasteiger partial charge in [-0.2, -0.15) is 0 Å². The quantitative estimate of drug-likeness (QED) is 0.631. The molecule has 1 atom stereocenters. The minimum atomic E-state index is -0.947. The molecule has 0 bridgehead atoms. The number of hydrogen-bond acceptors (Lipinski definition) is 3. The maximum atomic E-state index is 13.3. The number of carbonyl (C=O) groups is 1. The van der Waals surface area contributed by atoms with Gasteiger partial charge in [-0.1, -0.05) is 23.2 Å². The Hall–Kier alpha value is -2.11. The topological polar surface area (TPSA) is 46.3 Å². The minimum absolute atomic E-state index is 0.138. The van der Waals surface area contributed by atoms with Crippen molar-refractivity contribution in [3.05, 3.63) is 52.0 Å². The average molecular weight is 379 g/mol. The average Bonchev–Trinajstić information content (AvgIpc) is 3.18. The SMILES string of the molecule is O=C(c1ccc2nc(-c3cc(Cl)cc(Cl)c3)oc2c1)N1CCC(F)C1. The van der Waals surface area contributed by atoms with Crippen LogP contribution in [0.1, 0.15) is 16.8 Å². The Bertz CT molecular complexity index is 953. The third-order valence-electron chi connectivity index (χ3n) is 4.16. The standard InChI is InChI=1S/C18H13Cl2FN2O2/c19-12-5-11(6-13(20)8-12)17-22-15-2-1-10(7-16(15)25-17)18(24)23-4-3-14(21)9-23/h1-2,5-8,14H,3-4,9H2. The van der Waals surface area contributed by atoms with E-state index in [2.05, 4.69) is 4.98 Å². The Morgan fingerprint density at radius 2 is 1.96 bits per heavy atom. The maximum Gasteiger partial charge on any atom is 0.254 e. The van der Waals surface area contributed by atoms with Crippen molar-refractivity contribution >= 4 is 40.2 Å². The molecule has 1 fully saturated rings. The number of halogens is 3. The molecule has 0 aliphatic carbocycles. The van der Waals surface area contributed by atoms with Gasteiger partial charge in [-0.3, -0.25) is 4.79 Å². The molecule has 4 nitrogen and oxygen atoms in total. The fourth-order valence-corrected chi connectivity index (χ4v) is 3.47. The molecule has 1 unspecified atom stereocenters. The summed E-state index contributed by atoms with van der Waals surface area (Å²) in [5.41, 5.74) is 2.20. The summed E-state index contributed by atoms with van der Waals surface area (Å²) in [5, 5.41) is 0.964. The molecule has 1 saturated heterocycles. The van der Waals surface area contributed by atoms with Crippen LogP contribution in [0.5, 0.6) is 0 Å². The van der Waals surface area contributed by atoms with E-state index in [1.807, 2.05) is 0 Å². The van der Waals surface area contributed by atoms with Gasteiger partial charge in [0.2, 0.25) is 5.89 Å². The number of likely N-dealkylation sites (tertiary alicyclic amines) is 1. The lowest BCUT2D eigenvalue weighted by Crippen LogP contribution is -2.28. The van der Waals surface area contributed by atoms with Crippen molar-refractivity contribution in [2.75, 3.05) is 13.1 Å². The molecule has 7 heteroatoms. The van der Waals surface area contributed by atoms with Gasteiger partial charge in [-0.05, 0) is 42.8 Å². The van der Waals surface area contributed by atoms with Gasteiger partial charge >= 0.3 is 0 Å². The van der Waals surface area contributed by atoms with E-state index in [9.17, 15) is 9.18 Å². The van der Waals surface area contributed by atoms with Gasteiger partial charge < -0.3 is 9.32 Å². The zero-order valence-corrected chi connectivity index (χ0v) is 14.5. The van der Waals surface area contributed by atoms with E-state index < -0.39 is 6.17 Å². The molecule has 0 spiro atoms. The molecule has 128 valence electrons. The third kappa shape index (κ3) is 3.22. The van der Waals surface area contributed by atoms with Gasteiger partial charge in [-0.25, -0.2) is 9.37 Å². The van der Waals surface area contributed by atoms with Crippen molar-refractivity contribution in [1.82, 2.24) is 9.88 Å². The summed E-state index contributed by atoms with van der Waals surface area (Å²) in [6, 6.07) is 10.1. The number of amides is 1. The molecule has 0 saturated carbocycles. The minimum Gasteiger partial charge on any atom is -0.436 e. The first-order chi connectivity index (χ1) is 12.0. The fraction of sp³-hybridized carbons (Fsp3) is 0.222. The van der Waals surface area contributed by atoms with Crippen molar-refractivity contribution in [1.29, 1.82) is 0 Å². The monoisotopic (exact) mass is 378 g/mol. The Morgan fingerprint density at radius 3 is 2.64 bits per heavy atom. The summed E-state index contributed by atoms with van der Waals surface area (Å²) in [6.07, 6.45) is -0.562. The lowest BCUT2D eigenvalue weighted by molar-refractivity contribution is 0.0783. The molecular formula is C18H13Cl2FN2O2. The van der Waals surface area contributed by atoms with Crippen LogP contribution in [0.25, 0.3) is 22.6 Å². The van der Waals surface area contributed by atoms with Crippen LogP contribution in [0.3, 0.4) is 0 Å². The van der Waals surface area contributed by atoms with E-state index in [1.54, 1.807) is 36.4 Å². The Kier molecular flexibility index (Phi) is 4.13. The molecule has 2 heterocycles. The van der Waals surface area contributed by atoms with Gasteiger partial charge in [0.15, 0.2) is 5.58 Å². The van der Waals surface area contributed by atoms with Gasteiger partial charge in [0.1, 0.15) is 11.7 Å². The summed E-state index contributed by atoms with van der Waals surface area (Å²) in [4.78, 5) is 18.4. The van der Waals surface area contributed by atoms with E-state index >= 15 is 0 Å². The second kappa shape index (κ2) is 6.32. The second-order valence-corrected chi connectivity index (χ2v) is 6.87. The van der Waals surface area contributed by atoms with E-state index in [0.717, 1.165) is 0 Å². The van der Waals surface area contributed by atoms with Crippen molar-refractivity contribution in [3.63, 3.8) is 0 Å². The molecular weight excluding hydrogens is 366 g/mol. The van der Waals surface area contributed by atoms with Crippen LogP contribution in [0, 0.1) is 0 Å². The van der Waals surface area contributed by atoms with Gasteiger partial charge in [0.05, 0.1) is 6.54 Å². The van der Waals surface area contributed by atoms with Gasteiger partial charge in [0, 0.05) is 27.7 Å². The molecule has 2 aromatic carbocycles. The zero-order chi connectivity index (χ0) is 17.6. The van der Waals surface area contributed by atoms with E-state index in [0.29, 0.717) is 51.1 Å². The lowest BCUT2D eigenvalue weighted by Gasteiger charge is -2.14. The van der Waals surface area contributed by atoms with E-state index in [-0.39, 0.29) is 12.5 Å².